The number of carbonyl (C=O) groups excluding carboxylic acids is 1. The van der Waals surface area contributed by atoms with E-state index in [2.05, 4.69) is 22.0 Å². The van der Waals surface area contributed by atoms with Gasteiger partial charge in [0.05, 0.1) is 12.2 Å². The summed E-state index contributed by atoms with van der Waals surface area (Å²) in [5.74, 6) is 0.689. The van der Waals surface area contributed by atoms with Gasteiger partial charge in [0.25, 0.3) is 0 Å². The molecule has 0 amide bonds. The normalized spacial score (nSPS) is 9.85. The summed E-state index contributed by atoms with van der Waals surface area (Å²) in [6.07, 6.45) is 0.782. The molecule has 0 aliphatic rings. The highest BCUT2D eigenvalue weighted by Gasteiger charge is 2.16. The Morgan fingerprint density at radius 2 is 2.05 bits per heavy atom. The van der Waals surface area contributed by atoms with Gasteiger partial charge in [-0.15, -0.1) is 0 Å². The van der Waals surface area contributed by atoms with Gasteiger partial charge in [0.2, 0.25) is 0 Å². The second-order valence-corrected chi connectivity index (χ2v) is 4.84. The van der Waals surface area contributed by atoms with Crippen molar-refractivity contribution in [2.75, 3.05) is 6.61 Å². The summed E-state index contributed by atoms with van der Waals surface area (Å²) in [4.78, 5) is 11.3. The molecule has 2 aromatic rings. The van der Waals surface area contributed by atoms with E-state index in [1.807, 2.05) is 31.2 Å². The molecule has 0 atom stereocenters. The van der Waals surface area contributed by atoms with E-state index in [4.69, 9.17) is 10.00 Å². The molecule has 20 heavy (non-hydrogen) atoms. The molecule has 2 rings (SSSR count). The van der Waals surface area contributed by atoms with E-state index in [1.54, 1.807) is 12.1 Å². The predicted octanol–water partition coefficient (Wildman–Crippen LogP) is 4.20. The average molecular weight is 330 g/mol. The van der Waals surface area contributed by atoms with Crippen molar-refractivity contribution in [2.45, 2.75) is 6.92 Å². The molecule has 0 aliphatic heterocycles. The number of nitrogens with zero attached hydrogens (tertiary/aromatic N) is 1. The van der Waals surface area contributed by atoms with E-state index in [-0.39, 0.29) is 0 Å². The van der Waals surface area contributed by atoms with Gasteiger partial charge in [-0.3, -0.25) is 4.79 Å². The van der Waals surface area contributed by atoms with Crippen LogP contribution < -0.4 is 4.74 Å². The van der Waals surface area contributed by atoms with E-state index < -0.39 is 0 Å². The summed E-state index contributed by atoms with van der Waals surface area (Å²) in [5.41, 5.74) is 2.48. The van der Waals surface area contributed by atoms with Crippen LogP contribution in [0.2, 0.25) is 0 Å². The van der Waals surface area contributed by atoms with E-state index in [1.165, 1.54) is 0 Å². The molecule has 0 fully saturated rings. The minimum absolute atomic E-state index is 0.483. The number of nitriles is 1. The Morgan fingerprint density at radius 1 is 1.30 bits per heavy atom. The second kappa shape index (κ2) is 6.36. The lowest BCUT2D eigenvalue weighted by atomic mass is 9.97. The Hall–Kier alpha value is -2.12. The number of para-hydroxylation sites is 1. The van der Waals surface area contributed by atoms with Gasteiger partial charge in [-0.1, -0.05) is 18.2 Å². The van der Waals surface area contributed by atoms with Crippen LogP contribution >= 0.6 is 15.9 Å². The van der Waals surface area contributed by atoms with Crippen molar-refractivity contribution >= 4 is 22.2 Å². The van der Waals surface area contributed by atoms with Crippen LogP contribution in [0.3, 0.4) is 0 Å². The fourth-order valence-electron chi connectivity index (χ4n) is 2.00. The highest BCUT2D eigenvalue weighted by Crippen LogP contribution is 2.38. The van der Waals surface area contributed by atoms with Gasteiger partial charge in [0.1, 0.15) is 11.8 Å². The van der Waals surface area contributed by atoms with Crippen molar-refractivity contribution in [3.05, 3.63) is 52.0 Å². The molecule has 0 radical (unpaired) electrons. The highest BCUT2D eigenvalue weighted by molar-refractivity contribution is 9.10. The quantitative estimate of drug-likeness (QED) is 0.790. The van der Waals surface area contributed by atoms with Crippen LogP contribution in [0.25, 0.3) is 11.1 Å². The minimum atomic E-state index is 0.483. The molecule has 0 saturated carbocycles. The van der Waals surface area contributed by atoms with Crippen molar-refractivity contribution in [1.82, 2.24) is 0 Å². The largest absolute Gasteiger partial charge is 0.493 e. The Labute approximate surface area is 125 Å². The number of benzene rings is 2. The van der Waals surface area contributed by atoms with Gasteiger partial charge in [-0.05, 0) is 41.1 Å². The van der Waals surface area contributed by atoms with Crippen LogP contribution in [-0.4, -0.2) is 12.9 Å². The molecule has 100 valence electrons. The summed E-state index contributed by atoms with van der Waals surface area (Å²) in [7, 11) is 0. The maximum Gasteiger partial charge on any atom is 0.150 e. The number of hydrogen-bond donors (Lipinski definition) is 0. The molecule has 0 spiro atoms. The van der Waals surface area contributed by atoms with Crippen LogP contribution in [0.15, 0.2) is 40.9 Å². The van der Waals surface area contributed by atoms with Gasteiger partial charge in [0.15, 0.2) is 6.29 Å². The molecule has 2 aromatic carbocycles. The van der Waals surface area contributed by atoms with Crippen molar-refractivity contribution < 1.29 is 9.53 Å². The smallest absolute Gasteiger partial charge is 0.150 e. The molecule has 4 heteroatoms. The standard InChI is InChI=1S/C16H12BrNO2/c1-2-20-14-6-4-3-5-13(14)15-12(10-19)8-7-11(9-18)16(15)17/h3-8,10H,2H2,1H3. The summed E-state index contributed by atoms with van der Waals surface area (Å²) in [6, 6.07) is 12.8. The Kier molecular flexibility index (Phi) is 4.54. The topological polar surface area (TPSA) is 50.1 Å². The number of ether oxygens (including phenoxy) is 1. The van der Waals surface area contributed by atoms with Crippen LogP contribution in [0.1, 0.15) is 22.8 Å². The number of aldehydes is 1. The minimum Gasteiger partial charge on any atom is -0.493 e. The summed E-state index contributed by atoms with van der Waals surface area (Å²) in [5, 5.41) is 9.13. The molecule has 0 N–H and O–H groups in total. The molecular weight excluding hydrogens is 318 g/mol. The molecule has 0 aliphatic carbocycles. The molecule has 0 aromatic heterocycles. The van der Waals surface area contributed by atoms with Crippen LogP contribution in [0, 0.1) is 11.3 Å². The van der Waals surface area contributed by atoms with Gasteiger partial charge < -0.3 is 4.74 Å². The molecule has 0 saturated heterocycles. The number of halogens is 1. The van der Waals surface area contributed by atoms with E-state index in [0.29, 0.717) is 33.5 Å². The molecule has 3 nitrogen and oxygen atoms in total. The van der Waals surface area contributed by atoms with E-state index in [0.717, 1.165) is 11.8 Å². The summed E-state index contributed by atoms with van der Waals surface area (Å²) >= 11 is 3.42. The van der Waals surface area contributed by atoms with Crippen LogP contribution in [0.4, 0.5) is 0 Å². The lowest BCUT2D eigenvalue weighted by Crippen LogP contribution is -1.97. The SMILES string of the molecule is CCOc1ccccc1-c1c(C=O)ccc(C#N)c1Br. The maximum absolute atomic E-state index is 11.3. The fraction of sp³-hybridized carbons (Fsp3) is 0.125. The molecule has 0 heterocycles. The van der Waals surface area contributed by atoms with Crippen molar-refractivity contribution in [3.8, 4) is 22.9 Å². The highest BCUT2D eigenvalue weighted by atomic mass is 79.9. The first kappa shape index (κ1) is 14.3. The first-order valence-electron chi connectivity index (χ1n) is 6.12. The number of rotatable bonds is 4. The lowest BCUT2D eigenvalue weighted by Gasteiger charge is -2.14. The van der Waals surface area contributed by atoms with Crippen molar-refractivity contribution in [3.63, 3.8) is 0 Å². The zero-order valence-corrected chi connectivity index (χ0v) is 12.5. The molecular formula is C16H12BrNO2. The predicted molar refractivity (Wildman–Crippen MR) is 80.8 cm³/mol. The van der Waals surface area contributed by atoms with Crippen LogP contribution in [-0.2, 0) is 0 Å². The van der Waals surface area contributed by atoms with Gasteiger partial charge in [-0.2, -0.15) is 5.26 Å². The number of hydrogen-bond acceptors (Lipinski definition) is 3. The van der Waals surface area contributed by atoms with Gasteiger partial charge in [-0.25, -0.2) is 0 Å². The maximum atomic E-state index is 11.3. The van der Waals surface area contributed by atoms with Crippen LogP contribution in [0.5, 0.6) is 5.75 Å². The van der Waals surface area contributed by atoms with Gasteiger partial charge >= 0.3 is 0 Å². The zero-order valence-electron chi connectivity index (χ0n) is 10.9. The lowest BCUT2D eigenvalue weighted by molar-refractivity contribution is 0.112. The molecule has 0 bridgehead atoms. The van der Waals surface area contributed by atoms with Crippen molar-refractivity contribution in [1.29, 1.82) is 5.26 Å². The summed E-state index contributed by atoms with van der Waals surface area (Å²) < 4.78 is 6.21. The fourth-order valence-corrected chi connectivity index (χ4v) is 2.67. The monoisotopic (exact) mass is 329 g/mol. The van der Waals surface area contributed by atoms with E-state index in [9.17, 15) is 4.79 Å². The Balaban J connectivity index is 2.75. The van der Waals surface area contributed by atoms with E-state index >= 15 is 0 Å². The zero-order chi connectivity index (χ0) is 14.5. The summed E-state index contributed by atoms with van der Waals surface area (Å²) in [6.45, 7) is 2.43. The first-order valence-corrected chi connectivity index (χ1v) is 6.92. The van der Waals surface area contributed by atoms with Gasteiger partial charge in [0, 0.05) is 21.2 Å². The second-order valence-electron chi connectivity index (χ2n) is 4.05. The van der Waals surface area contributed by atoms with Crippen molar-refractivity contribution in [2.24, 2.45) is 0 Å². The third-order valence-corrected chi connectivity index (χ3v) is 3.70. The third kappa shape index (κ3) is 2.59. The molecule has 0 unspecified atom stereocenters. The average Bonchev–Trinajstić information content (AvgIpc) is 2.48. The first-order chi connectivity index (χ1) is 9.72. The Morgan fingerprint density at radius 3 is 2.70 bits per heavy atom. The third-order valence-electron chi connectivity index (χ3n) is 2.88. The Bertz CT molecular complexity index is 689. The number of carbonyl (C=O) groups is 1.